The summed E-state index contributed by atoms with van der Waals surface area (Å²) in [5.74, 6) is -0.550. The average molecular weight is 199 g/mol. The van der Waals surface area contributed by atoms with Crippen molar-refractivity contribution < 1.29 is 9.53 Å². The number of nitrogens with two attached hydrogens (primary N) is 1. The predicted molar refractivity (Wildman–Crippen MR) is 49.9 cm³/mol. The molecular weight excluding hydrogens is 186 g/mol. The number of aromatic nitrogens is 2. The highest BCUT2D eigenvalue weighted by Crippen LogP contribution is 2.06. The standard InChI is InChI=1S/C8H13N3O3/c1-10-5(4-9)6(7(12)14-3)11(2)8(10)13/h4,9H2,1-3H3. The molecule has 0 saturated heterocycles. The summed E-state index contributed by atoms with van der Waals surface area (Å²) in [4.78, 5) is 22.8. The lowest BCUT2D eigenvalue weighted by atomic mass is 10.3. The van der Waals surface area contributed by atoms with Crippen LogP contribution in [0.2, 0.25) is 0 Å². The Kier molecular flexibility index (Phi) is 2.76. The molecule has 2 N–H and O–H groups in total. The van der Waals surface area contributed by atoms with E-state index in [-0.39, 0.29) is 17.9 Å². The van der Waals surface area contributed by atoms with Crippen molar-refractivity contribution in [3.63, 3.8) is 0 Å². The lowest BCUT2D eigenvalue weighted by Crippen LogP contribution is -2.21. The monoisotopic (exact) mass is 199 g/mol. The van der Waals surface area contributed by atoms with Crippen LogP contribution in [-0.4, -0.2) is 22.2 Å². The number of imidazole rings is 1. The summed E-state index contributed by atoms with van der Waals surface area (Å²) < 4.78 is 7.13. The van der Waals surface area contributed by atoms with Crippen LogP contribution in [-0.2, 0) is 25.4 Å². The number of carbonyl (C=O) groups excluding carboxylic acids is 1. The Morgan fingerprint density at radius 1 is 1.43 bits per heavy atom. The molecule has 0 amide bonds. The lowest BCUT2D eigenvalue weighted by Gasteiger charge is -2.02. The molecule has 0 bridgehead atoms. The van der Waals surface area contributed by atoms with Gasteiger partial charge < -0.3 is 10.5 Å². The Bertz CT molecular complexity index is 416. The molecule has 0 aliphatic rings. The van der Waals surface area contributed by atoms with Gasteiger partial charge in [-0.2, -0.15) is 0 Å². The maximum atomic E-state index is 11.5. The van der Waals surface area contributed by atoms with Crippen molar-refractivity contribution in [2.75, 3.05) is 7.11 Å². The highest BCUT2D eigenvalue weighted by Gasteiger charge is 2.20. The van der Waals surface area contributed by atoms with E-state index < -0.39 is 5.97 Å². The molecule has 1 rings (SSSR count). The number of hydrogen-bond acceptors (Lipinski definition) is 4. The van der Waals surface area contributed by atoms with Crippen LogP contribution < -0.4 is 11.4 Å². The fraction of sp³-hybridized carbons (Fsp3) is 0.500. The van der Waals surface area contributed by atoms with Crippen LogP contribution in [0.15, 0.2) is 4.79 Å². The van der Waals surface area contributed by atoms with E-state index in [1.54, 1.807) is 7.05 Å². The van der Waals surface area contributed by atoms with Crippen molar-refractivity contribution in [3.8, 4) is 0 Å². The first-order valence-electron chi connectivity index (χ1n) is 4.07. The van der Waals surface area contributed by atoms with Gasteiger partial charge in [0.2, 0.25) is 0 Å². The second kappa shape index (κ2) is 3.67. The molecule has 6 nitrogen and oxygen atoms in total. The largest absolute Gasteiger partial charge is 0.464 e. The van der Waals surface area contributed by atoms with Gasteiger partial charge >= 0.3 is 11.7 Å². The van der Waals surface area contributed by atoms with E-state index in [1.165, 1.54) is 23.3 Å². The van der Waals surface area contributed by atoms with Crippen LogP contribution in [0.25, 0.3) is 0 Å². The highest BCUT2D eigenvalue weighted by molar-refractivity contribution is 5.88. The van der Waals surface area contributed by atoms with Gasteiger partial charge in [0.15, 0.2) is 5.69 Å². The molecule has 0 fully saturated rings. The minimum atomic E-state index is -0.550. The van der Waals surface area contributed by atoms with Crippen LogP contribution in [0.5, 0.6) is 0 Å². The van der Waals surface area contributed by atoms with E-state index in [9.17, 15) is 9.59 Å². The van der Waals surface area contributed by atoms with Crippen molar-refractivity contribution in [3.05, 3.63) is 21.9 Å². The molecule has 0 aliphatic heterocycles. The number of carbonyl (C=O) groups is 1. The van der Waals surface area contributed by atoms with Crippen LogP contribution in [0.4, 0.5) is 0 Å². The molecule has 14 heavy (non-hydrogen) atoms. The third kappa shape index (κ3) is 1.33. The van der Waals surface area contributed by atoms with Crippen molar-refractivity contribution in [2.45, 2.75) is 6.54 Å². The molecule has 6 heteroatoms. The Hall–Kier alpha value is -1.56. The fourth-order valence-corrected chi connectivity index (χ4v) is 1.37. The van der Waals surface area contributed by atoms with Crippen molar-refractivity contribution in [1.82, 2.24) is 9.13 Å². The van der Waals surface area contributed by atoms with Crippen LogP contribution >= 0.6 is 0 Å². The Morgan fingerprint density at radius 2 is 2.00 bits per heavy atom. The molecule has 0 aromatic carbocycles. The van der Waals surface area contributed by atoms with E-state index in [0.29, 0.717) is 5.69 Å². The summed E-state index contributed by atoms with van der Waals surface area (Å²) >= 11 is 0. The first kappa shape index (κ1) is 10.5. The average Bonchev–Trinajstić information content (AvgIpc) is 2.41. The Morgan fingerprint density at radius 3 is 2.43 bits per heavy atom. The van der Waals surface area contributed by atoms with E-state index in [0.717, 1.165) is 0 Å². The molecule has 78 valence electrons. The van der Waals surface area contributed by atoms with Gasteiger partial charge in [-0.05, 0) is 0 Å². The summed E-state index contributed by atoms with van der Waals surface area (Å²) in [6.45, 7) is 0.122. The normalized spacial score (nSPS) is 10.3. The van der Waals surface area contributed by atoms with Gasteiger partial charge in [0, 0.05) is 20.6 Å². The first-order valence-corrected chi connectivity index (χ1v) is 4.07. The maximum absolute atomic E-state index is 11.5. The number of nitrogens with zero attached hydrogens (tertiary/aromatic N) is 2. The minimum absolute atomic E-state index is 0.122. The molecule has 0 saturated carbocycles. The summed E-state index contributed by atoms with van der Waals surface area (Å²) in [6.07, 6.45) is 0. The van der Waals surface area contributed by atoms with Gasteiger partial charge in [0.25, 0.3) is 0 Å². The summed E-state index contributed by atoms with van der Waals surface area (Å²) in [5.41, 5.74) is 5.85. The molecule has 0 atom stereocenters. The maximum Gasteiger partial charge on any atom is 0.356 e. The first-order chi connectivity index (χ1) is 6.54. The zero-order chi connectivity index (χ0) is 10.9. The third-order valence-corrected chi connectivity index (χ3v) is 2.16. The molecule has 0 aliphatic carbocycles. The van der Waals surface area contributed by atoms with E-state index in [2.05, 4.69) is 4.74 Å². The number of methoxy groups -OCH3 is 1. The second-order valence-corrected chi connectivity index (χ2v) is 2.89. The fourth-order valence-electron chi connectivity index (χ4n) is 1.37. The predicted octanol–water partition coefficient (Wildman–Crippen LogP) is -1.03. The zero-order valence-corrected chi connectivity index (χ0v) is 8.40. The van der Waals surface area contributed by atoms with Crippen molar-refractivity contribution in [2.24, 2.45) is 19.8 Å². The number of hydrogen-bond donors (Lipinski definition) is 1. The molecule has 0 radical (unpaired) electrons. The van der Waals surface area contributed by atoms with Gasteiger partial charge in [-0.25, -0.2) is 9.59 Å². The molecule has 0 unspecified atom stereocenters. The number of esters is 1. The van der Waals surface area contributed by atoms with Crippen molar-refractivity contribution in [1.29, 1.82) is 0 Å². The number of ether oxygens (including phenoxy) is 1. The summed E-state index contributed by atoms with van der Waals surface area (Å²) in [7, 11) is 4.34. The van der Waals surface area contributed by atoms with E-state index in [4.69, 9.17) is 5.73 Å². The van der Waals surface area contributed by atoms with Gasteiger partial charge in [0.1, 0.15) is 0 Å². The van der Waals surface area contributed by atoms with Crippen LogP contribution in [0.3, 0.4) is 0 Å². The molecule has 1 heterocycles. The summed E-state index contributed by atoms with van der Waals surface area (Å²) in [6, 6.07) is 0. The molecule has 1 aromatic rings. The molecule has 0 spiro atoms. The zero-order valence-electron chi connectivity index (χ0n) is 8.40. The van der Waals surface area contributed by atoms with Gasteiger partial charge in [-0.3, -0.25) is 9.13 Å². The van der Waals surface area contributed by atoms with Gasteiger partial charge in [-0.1, -0.05) is 0 Å². The highest BCUT2D eigenvalue weighted by atomic mass is 16.5. The minimum Gasteiger partial charge on any atom is -0.464 e. The van der Waals surface area contributed by atoms with E-state index in [1.807, 2.05) is 0 Å². The molecular formula is C8H13N3O3. The van der Waals surface area contributed by atoms with Crippen molar-refractivity contribution >= 4 is 5.97 Å². The molecule has 1 aromatic heterocycles. The second-order valence-electron chi connectivity index (χ2n) is 2.89. The SMILES string of the molecule is COC(=O)c1c(CN)n(C)c(=O)n1C. The topological polar surface area (TPSA) is 79.2 Å². The lowest BCUT2D eigenvalue weighted by molar-refractivity contribution is 0.0588. The van der Waals surface area contributed by atoms with Crippen LogP contribution in [0, 0.1) is 0 Å². The van der Waals surface area contributed by atoms with Gasteiger partial charge in [-0.15, -0.1) is 0 Å². The van der Waals surface area contributed by atoms with E-state index >= 15 is 0 Å². The van der Waals surface area contributed by atoms with Crippen LogP contribution in [0.1, 0.15) is 16.2 Å². The quantitative estimate of drug-likeness (QED) is 0.617. The number of rotatable bonds is 2. The Balaban J connectivity index is 3.48. The smallest absolute Gasteiger partial charge is 0.356 e. The third-order valence-electron chi connectivity index (χ3n) is 2.16. The Labute approximate surface area is 80.9 Å². The van der Waals surface area contributed by atoms with Gasteiger partial charge in [0.05, 0.1) is 12.8 Å². The summed E-state index contributed by atoms with van der Waals surface area (Å²) in [5, 5.41) is 0.